The average Bonchev–Trinajstić information content (AvgIpc) is 3.32. The summed E-state index contributed by atoms with van der Waals surface area (Å²) in [6.07, 6.45) is 2.63. The maximum Gasteiger partial charge on any atom is 0.253 e. The molecule has 0 bridgehead atoms. The van der Waals surface area contributed by atoms with E-state index in [1.54, 1.807) is 23.7 Å². The molecule has 3 heterocycles. The van der Waals surface area contributed by atoms with Gasteiger partial charge in [0.25, 0.3) is 5.91 Å². The molecule has 0 unspecified atom stereocenters. The Morgan fingerprint density at radius 1 is 1.06 bits per heavy atom. The van der Waals surface area contributed by atoms with E-state index in [4.69, 9.17) is 0 Å². The van der Waals surface area contributed by atoms with Crippen molar-refractivity contribution in [2.45, 2.75) is 13.3 Å². The third-order valence-electron chi connectivity index (χ3n) is 6.06. The third kappa shape index (κ3) is 4.06. The molecule has 2 aromatic carbocycles. The van der Waals surface area contributed by atoms with E-state index in [-0.39, 0.29) is 5.91 Å². The molecule has 7 heteroatoms. The van der Waals surface area contributed by atoms with E-state index < -0.39 is 0 Å². The number of fused-ring (bicyclic) bond motifs is 1. The molecule has 33 heavy (non-hydrogen) atoms. The Balaban J connectivity index is 1.28. The fourth-order valence-corrected chi connectivity index (χ4v) is 5.18. The summed E-state index contributed by atoms with van der Waals surface area (Å²) in [5.41, 5.74) is 3.10. The Bertz CT molecular complexity index is 1350. The predicted octanol–water partition coefficient (Wildman–Crippen LogP) is 4.75. The summed E-state index contributed by atoms with van der Waals surface area (Å²) in [5, 5.41) is 10.5. The van der Waals surface area contributed by atoms with Crippen LogP contribution in [0.2, 0.25) is 0 Å². The molecule has 0 radical (unpaired) electrons. The SMILES string of the molecule is CCc1cc2c(N3CCN(C(=O)c4ccc(-c5ccccc5C#N)cc4)CC3)ncnc2s1. The number of rotatable bonds is 4. The zero-order valence-electron chi connectivity index (χ0n) is 18.4. The van der Waals surface area contributed by atoms with Crippen LogP contribution in [0.5, 0.6) is 0 Å². The van der Waals surface area contributed by atoms with Crippen molar-refractivity contribution in [3.63, 3.8) is 0 Å². The summed E-state index contributed by atoms with van der Waals surface area (Å²) in [6.45, 7) is 4.92. The molecule has 1 aliphatic heterocycles. The van der Waals surface area contributed by atoms with Gasteiger partial charge in [0.15, 0.2) is 0 Å². The lowest BCUT2D eigenvalue weighted by Gasteiger charge is -2.35. The highest BCUT2D eigenvalue weighted by molar-refractivity contribution is 7.18. The fourth-order valence-electron chi connectivity index (χ4n) is 4.25. The number of aryl methyl sites for hydroxylation is 1. The van der Waals surface area contributed by atoms with Crippen LogP contribution < -0.4 is 4.90 Å². The molecular formula is C26H23N5OS. The van der Waals surface area contributed by atoms with Crippen molar-refractivity contribution in [2.24, 2.45) is 0 Å². The first kappa shape index (κ1) is 21.1. The molecule has 1 aliphatic rings. The molecule has 0 spiro atoms. The Morgan fingerprint density at radius 2 is 1.82 bits per heavy atom. The number of aromatic nitrogens is 2. The van der Waals surface area contributed by atoms with Gasteiger partial charge < -0.3 is 9.80 Å². The molecule has 0 atom stereocenters. The number of nitrogens with zero attached hydrogens (tertiary/aromatic N) is 5. The molecule has 0 saturated carbocycles. The lowest BCUT2D eigenvalue weighted by Crippen LogP contribution is -2.49. The topological polar surface area (TPSA) is 73.1 Å². The van der Waals surface area contributed by atoms with Gasteiger partial charge in [0, 0.05) is 36.6 Å². The van der Waals surface area contributed by atoms with Gasteiger partial charge in [0.05, 0.1) is 17.0 Å². The highest BCUT2D eigenvalue weighted by atomic mass is 32.1. The minimum absolute atomic E-state index is 0.0337. The van der Waals surface area contributed by atoms with Crippen molar-refractivity contribution >= 4 is 33.3 Å². The van der Waals surface area contributed by atoms with Crippen molar-refractivity contribution in [1.29, 1.82) is 5.26 Å². The highest BCUT2D eigenvalue weighted by Gasteiger charge is 2.24. The summed E-state index contributed by atoms with van der Waals surface area (Å²) < 4.78 is 0. The van der Waals surface area contributed by atoms with Crippen LogP contribution in [-0.4, -0.2) is 47.0 Å². The van der Waals surface area contributed by atoms with Gasteiger partial charge in [-0.3, -0.25) is 4.79 Å². The zero-order chi connectivity index (χ0) is 22.8. The number of amides is 1. The van der Waals surface area contributed by atoms with E-state index in [9.17, 15) is 10.1 Å². The van der Waals surface area contributed by atoms with Crippen molar-refractivity contribution in [3.8, 4) is 17.2 Å². The van der Waals surface area contributed by atoms with Gasteiger partial charge in [-0.25, -0.2) is 9.97 Å². The van der Waals surface area contributed by atoms with Gasteiger partial charge in [-0.05, 0) is 41.8 Å². The van der Waals surface area contributed by atoms with Crippen LogP contribution in [0.15, 0.2) is 60.9 Å². The lowest BCUT2D eigenvalue weighted by molar-refractivity contribution is 0.0746. The highest BCUT2D eigenvalue weighted by Crippen LogP contribution is 2.31. The first-order valence-electron chi connectivity index (χ1n) is 11.0. The Kier molecular flexibility index (Phi) is 5.76. The van der Waals surface area contributed by atoms with Gasteiger partial charge >= 0.3 is 0 Å². The second-order valence-electron chi connectivity index (χ2n) is 8.00. The summed E-state index contributed by atoms with van der Waals surface area (Å²) in [6, 6.07) is 19.5. The molecule has 2 aromatic heterocycles. The van der Waals surface area contributed by atoms with Gasteiger partial charge in [-0.15, -0.1) is 11.3 Å². The molecule has 6 nitrogen and oxygen atoms in total. The number of anilines is 1. The van der Waals surface area contributed by atoms with E-state index in [0.29, 0.717) is 24.2 Å². The number of carbonyl (C=O) groups excluding carboxylic acids is 1. The Hall–Kier alpha value is -3.76. The van der Waals surface area contributed by atoms with E-state index in [1.165, 1.54) is 4.88 Å². The summed E-state index contributed by atoms with van der Waals surface area (Å²) in [7, 11) is 0. The molecule has 1 fully saturated rings. The van der Waals surface area contributed by atoms with E-state index >= 15 is 0 Å². The first-order chi connectivity index (χ1) is 16.2. The first-order valence-corrected chi connectivity index (χ1v) is 11.9. The van der Waals surface area contributed by atoms with Crippen LogP contribution in [0, 0.1) is 11.3 Å². The maximum absolute atomic E-state index is 13.1. The van der Waals surface area contributed by atoms with Gasteiger partial charge in [0.2, 0.25) is 0 Å². The summed E-state index contributed by atoms with van der Waals surface area (Å²) in [4.78, 5) is 28.6. The minimum atomic E-state index is 0.0337. The van der Waals surface area contributed by atoms with Crippen molar-refractivity contribution in [2.75, 3.05) is 31.1 Å². The number of thiophene rings is 1. The Labute approximate surface area is 196 Å². The number of piperazine rings is 1. The molecule has 0 N–H and O–H groups in total. The number of hydrogen-bond acceptors (Lipinski definition) is 6. The second kappa shape index (κ2) is 9.00. The number of carbonyl (C=O) groups is 1. The molecule has 1 saturated heterocycles. The molecule has 164 valence electrons. The van der Waals surface area contributed by atoms with E-state index in [0.717, 1.165) is 46.7 Å². The van der Waals surface area contributed by atoms with Crippen LogP contribution in [0.3, 0.4) is 0 Å². The van der Waals surface area contributed by atoms with Gasteiger partial charge in [0.1, 0.15) is 17.0 Å². The van der Waals surface area contributed by atoms with Gasteiger partial charge in [-0.1, -0.05) is 37.3 Å². The number of benzene rings is 2. The largest absolute Gasteiger partial charge is 0.352 e. The number of hydrogen-bond donors (Lipinski definition) is 0. The number of nitriles is 1. The molecule has 0 aliphatic carbocycles. The minimum Gasteiger partial charge on any atom is -0.352 e. The van der Waals surface area contributed by atoms with Crippen LogP contribution >= 0.6 is 11.3 Å². The van der Waals surface area contributed by atoms with E-state index in [2.05, 4.69) is 33.9 Å². The molecular weight excluding hydrogens is 430 g/mol. The van der Waals surface area contributed by atoms with Crippen LogP contribution in [-0.2, 0) is 6.42 Å². The third-order valence-corrected chi connectivity index (χ3v) is 7.25. The summed E-state index contributed by atoms with van der Waals surface area (Å²) in [5.74, 6) is 0.995. The monoisotopic (exact) mass is 453 g/mol. The zero-order valence-corrected chi connectivity index (χ0v) is 19.2. The molecule has 4 aromatic rings. The average molecular weight is 454 g/mol. The summed E-state index contributed by atoms with van der Waals surface area (Å²) >= 11 is 1.72. The predicted molar refractivity (Wildman–Crippen MR) is 132 cm³/mol. The van der Waals surface area contributed by atoms with Crippen molar-refractivity contribution in [1.82, 2.24) is 14.9 Å². The van der Waals surface area contributed by atoms with Gasteiger partial charge in [-0.2, -0.15) is 5.26 Å². The van der Waals surface area contributed by atoms with Crippen molar-refractivity contribution in [3.05, 3.63) is 76.9 Å². The lowest BCUT2D eigenvalue weighted by atomic mass is 9.99. The van der Waals surface area contributed by atoms with Crippen molar-refractivity contribution < 1.29 is 4.79 Å². The fraction of sp³-hybridized carbons (Fsp3) is 0.231. The second-order valence-corrected chi connectivity index (χ2v) is 9.11. The molecule has 1 amide bonds. The standard InChI is InChI=1S/C26H23N5OS/c1-2-21-15-23-24(28-17-29-25(23)33-21)30-11-13-31(14-12-30)26(32)19-9-7-18(8-10-19)22-6-4-3-5-20(22)16-27/h3-10,15,17H,2,11-14H2,1H3. The quantitative estimate of drug-likeness (QED) is 0.446. The molecule has 5 rings (SSSR count). The van der Waals surface area contributed by atoms with Crippen LogP contribution in [0.4, 0.5) is 5.82 Å². The smallest absolute Gasteiger partial charge is 0.253 e. The van der Waals surface area contributed by atoms with E-state index in [1.807, 2.05) is 47.4 Å². The maximum atomic E-state index is 13.1. The Morgan fingerprint density at radius 3 is 2.55 bits per heavy atom. The normalized spacial score (nSPS) is 13.8. The van der Waals surface area contributed by atoms with Crippen LogP contribution in [0.1, 0.15) is 27.7 Å². The van der Waals surface area contributed by atoms with Crippen LogP contribution in [0.25, 0.3) is 21.3 Å².